The summed E-state index contributed by atoms with van der Waals surface area (Å²) in [5, 5.41) is 14.9. The van der Waals surface area contributed by atoms with Gasteiger partial charge in [0.15, 0.2) is 0 Å². The number of anilines is 3. The van der Waals surface area contributed by atoms with Crippen molar-refractivity contribution in [2.24, 2.45) is 0 Å². The molecule has 14 rings (SSSR count). The third-order valence-corrected chi connectivity index (χ3v) is 14.4. The lowest BCUT2D eigenvalue weighted by atomic mass is 9.92. The largest absolute Gasteiger partial charge is 0.456 e. The fourth-order valence-electron chi connectivity index (χ4n) is 11.0. The number of hydrogen-bond donors (Lipinski definition) is 0. The van der Waals surface area contributed by atoms with Crippen molar-refractivity contribution in [2.45, 2.75) is 0 Å². The van der Waals surface area contributed by atoms with E-state index in [1.54, 1.807) is 0 Å². The van der Waals surface area contributed by atoms with Crippen LogP contribution in [0.2, 0.25) is 0 Å². The summed E-state index contributed by atoms with van der Waals surface area (Å²) >= 11 is 0. The van der Waals surface area contributed by atoms with Crippen LogP contribution in [0.4, 0.5) is 17.1 Å². The van der Waals surface area contributed by atoms with Crippen LogP contribution in [0.3, 0.4) is 0 Å². The minimum absolute atomic E-state index is 0.860. The molecule has 0 bridgehead atoms. The first-order chi connectivity index (χ1) is 34.7. The maximum absolute atomic E-state index is 6.63. The van der Waals surface area contributed by atoms with Crippen molar-refractivity contribution < 1.29 is 4.42 Å². The highest BCUT2D eigenvalue weighted by Gasteiger charge is 2.19. The number of fused-ring (bicyclic) bond motifs is 12. The normalized spacial score (nSPS) is 11.7. The highest BCUT2D eigenvalue weighted by molar-refractivity contribution is 6.26. The Morgan fingerprint density at radius 3 is 1.37 bits per heavy atom. The van der Waals surface area contributed by atoms with Gasteiger partial charge in [-0.3, -0.25) is 0 Å². The molecule has 0 aliphatic carbocycles. The van der Waals surface area contributed by atoms with Gasteiger partial charge >= 0.3 is 0 Å². The molecule has 14 aromatic rings. The van der Waals surface area contributed by atoms with Gasteiger partial charge in [0.1, 0.15) is 11.2 Å². The first-order valence-corrected chi connectivity index (χ1v) is 24.1. The van der Waals surface area contributed by atoms with E-state index in [0.717, 1.165) is 50.1 Å². The Bertz CT molecular complexity index is 4280. The SMILES string of the molecule is c1ccc(-c2ccc(-c3ccc(N(c4ccc(-c5ccc6c7ccccc7c7ccccc7c6c5)cc4)c4ccc5oc6cccc(-c7ccc8c(ccc9ccccc98)c7)c6c5c4)cc3)cc2)cc1. The molecule has 0 spiro atoms. The van der Waals surface area contributed by atoms with Crippen molar-refractivity contribution in [3.63, 3.8) is 0 Å². The molecule has 0 radical (unpaired) electrons. The van der Waals surface area contributed by atoms with E-state index in [0.29, 0.717) is 0 Å². The molecular formula is C68H43NO. The Labute approximate surface area is 405 Å². The van der Waals surface area contributed by atoms with Gasteiger partial charge in [-0.25, -0.2) is 0 Å². The van der Waals surface area contributed by atoms with Gasteiger partial charge < -0.3 is 9.32 Å². The van der Waals surface area contributed by atoms with E-state index >= 15 is 0 Å². The van der Waals surface area contributed by atoms with Gasteiger partial charge in [-0.05, 0) is 159 Å². The highest BCUT2D eigenvalue weighted by Crippen LogP contribution is 2.44. The molecule has 0 saturated heterocycles. The van der Waals surface area contributed by atoms with Gasteiger partial charge in [-0.1, -0.05) is 200 Å². The van der Waals surface area contributed by atoms with Crippen LogP contribution in [0.25, 0.3) is 120 Å². The quantitative estimate of drug-likeness (QED) is 0.148. The lowest BCUT2D eigenvalue weighted by Crippen LogP contribution is -2.09. The van der Waals surface area contributed by atoms with Crippen LogP contribution >= 0.6 is 0 Å². The molecule has 0 atom stereocenters. The number of hydrogen-bond acceptors (Lipinski definition) is 2. The predicted octanol–water partition coefficient (Wildman–Crippen LogP) is 19.5. The summed E-state index contributed by atoms with van der Waals surface area (Å²) in [6.45, 7) is 0. The number of benzene rings is 13. The maximum Gasteiger partial charge on any atom is 0.136 e. The monoisotopic (exact) mass is 889 g/mol. The van der Waals surface area contributed by atoms with E-state index in [9.17, 15) is 0 Å². The maximum atomic E-state index is 6.63. The van der Waals surface area contributed by atoms with Crippen molar-refractivity contribution in [1.29, 1.82) is 0 Å². The summed E-state index contributed by atoms with van der Waals surface area (Å²) in [6.07, 6.45) is 0. The van der Waals surface area contributed by atoms with Crippen molar-refractivity contribution in [3.05, 3.63) is 261 Å². The average Bonchev–Trinajstić information content (AvgIpc) is 3.82. The van der Waals surface area contributed by atoms with Gasteiger partial charge in [-0.2, -0.15) is 0 Å². The van der Waals surface area contributed by atoms with Gasteiger partial charge in [-0.15, -0.1) is 0 Å². The standard InChI is InChI=1S/C68H43NO/c1-2-11-44(12-3-1)45-21-23-46(24-22-45)47-27-33-53(34-28-47)69(54-35-29-48(30-36-54)50-31-39-63-61-17-7-6-15-59(61)60-16-8-9-18-62(60)64(63)42-50)55-37-40-66-65(43-55)68-58(19-10-20-67(68)70-66)52-32-38-57-51(41-52)26-25-49-13-4-5-14-56(49)57/h1-43H. The molecule has 2 nitrogen and oxygen atoms in total. The number of nitrogens with zero attached hydrogens (tertiary/aromatic N) is 1. The third kappa shape index (κ3) is 6.64. The molecule has 0 unspecified atom stereocenters. The van der Waals surface area contributed by atoms with Gasteiger partial charge in [0.2, 0.25) is 0 Å². The van der Waals surface area contributed by atoms with E-state index < -0.39 is 0 Å². The van der Waals surface area contributed by atoms with Crippen molar-refractivity contribution in [1.82, 2.24) is 0 Å². The zero-order valence-corrected chi connectivity index (χ0v) is 38.2. The topological polar surface area (TPSA) is 16.4 Å². The molecule has 0 saturated carbocycles. The fraction of sp³-hybridized carbons (Fsp3) is 0. The smallest absolute Gasteiger partial charge is 0.136 e. The second kappa shape index (κ2) is 16.2. The third-order valence-electron chi connectivity index (χ3n) is 14.4. The molecule has 1 heterocycles. The van der Waals surface area contributed by atoms with Gasteiger partial charge in [0.05, 0.1) is 0 Å². The second-order valence-corrected chi connectivity index (χ2v) is 18.4. The average molecular weight is 890 g/mol. The van der Waals surface area contributed by atoms with Crippen LogP contribution in [-0.4, -0.2) is 0 Å². The summed E-state index contributed by atoms with van der Waals surface area (Å²) in [6, 6.07) is 95.0. The van der Waals surface area contributed by atoms with Gasteiger partial charge in [0, 0.05) is 27.8 Å². The predicted molar refractivity (Wildman–Crippen MR) is 298 cm³/mol. The lowest BCUT2D eigenvalue weighted by molar-refractivity contribution is 0.669. The van der Waals surface area contributed by atoms with Crippen LogP contribution in [-0.2, 0) is 0 Å². The lowest BCUT2D eigenvalue weighted by Gasteiger charge is -2.26. The zero-order valence-electron chi connectivity index (χ0n) is 38.2. The van der Waals surface area contributed by atoms with Crippen LogP contribution in [0.15, 0.2) is 265 Å². The molecule has 0 aliphatic heterocycles. The van der Waals surface area contributed by atoms with Crippen LogP contribution in [0, 0.1) is 0 Å². The molecule has 326 valence electrons. The van der Waals surface area contributed by atoms with E-state index in [1.807, 2.05) is 0 Å². The van der Waals surface area contributed by atoms with Crippen molar-refractivity contribution in [3.8, 4) is 44.5 Å². The second-order valence-electron chi connectivity index (χ2n) is 18.4. The first kappa shape index (κ1) is 39.9. The molecule has 0 fully saturated rings. The molecule has 0 amide bonds. The minimum atomic E-state index is 0.860. The van der Waals surface area contributed by atoms with E-state index in [2.05, 4.69) is 266 Å². The number of rotatable bonds is 7. The molecule has 2 heteroatoms. The number of furan rings is 1. The first-order valence-electron chi connectivity index (χ1n) is 24.1. The highest BCUT2D eigenvalue weighted by atomic mass is 16.3. The molecular weight excluding hydrogens is 847 g/mol. The molecule has 0 N–H and O–H groups in total. The van der Waals surface area contributed by atoms with Crippen molar-refractivity contribution in [2.75, 3.05) is 4.90 Å². The Balaban J connectivity index is 0.885. The van der Waals surface area contributed by atoms with Crippen molar-refractivity contribution >= 4 is 92.9 Å². The summed E-state index contributed by atoms with van der Waals surface area (Å²) in [7, 11) is 0. The molecule has 1 aromatic heterocycles. The van der Waals surface area contributed by atoms with Crippen LogP contribution in [0.5, 0.6) is 0 Å². The molecule has 13 aromatic carbocycles. The van der Waals surface area contributed by atoms with Gasteiger partial charge in [0.25, 0.3) is 0 Å². The summed E-state index contributed by atoms with van der Waals surface area (Å²) in [5.41, 5.74) is 14.4. The molecule has 0 aliphatic rings. The molecule has 70 heavy (non-hydrogen) atoms. The van der Waals surface area contributed by atoms with E-state index in [-0.39, 0.29) is 0 Å². The van der Waals surface area contributed by atoms with Crippen LogP contribution in [0.1, 0.15) is 0 Å². The Morgan fingerprint density at radius 2 is 0.700 bits per heavy atom. The zero-order chi connectivity index (χ0) is 46.1. The Hall–Kier alpha value is -9.24. The van der Waals surface area contributed by atoms with Crippen LogP contribution < -0.4 is 4.90 Å². The fourth-order valence-corrected chi connectivity index (χ4v) is 11.0. The minimum Gasteiger partial charge on any atom is -0.456 e. The summed E-state index contributed by atoms with van der Waals surface area (Å²) in [5.74, 6) is 0. The Kier molecular flexibility index (Phi) is 9.25. The Morgan fingerprint density at radius 1 is 0.229 bits per heavy atom. The summed E-state index contributed by atoms with van der Waals surface area (Å²) in [4.78, 5) is 2.37. The summed E-state index contributed by atoms with van der Waals surface area (Å²) < 4.78 is 6.63. The van der Waals surface area contributed by atoms with E-state index in [4.69, 9.17) is 4.42 Å². The van der Waals surface area contributed by atoms with E-state index in [1.165, 1.54) is 87.2 Å².